The second kappa shape index (κ2) is 7.25. The van der Waals surface area contributed by atoms with E-state index in [9.17, 15) is 0 Å². The number of furan rings is 1. The van der Waals surface area contributed by atoms with Crippen LogP contribution in [0.25, 0.3) is 33.6 Å². The minimum atomic E-state index is -0.283. The predicted octanol–water partition coefficient (Wildman–Crippen LogP) is 4.45. The van der Waals surface area contributed by atoms with Gasteiger partial charge in [-0.3, -0.25) is 0 Å². The van der Waals surface area contributed by atoms with Crippen LogP contribution < -0.4 is 9.64 Å². The number of aromatic nitrogens is 3. The normalized spacial score (nSPS) is 15.1. The van der Waals surface area contributed by atoms with Crippen molar-refractivity contribution in [3.8, 4) is 17.1 Å². The molecule has 1 aliphatic heterocycles. The van der Waals surface area contributed by atoms with Crippen LogP contribution >= 0.6 is 0 Å². The highest BCUT2D eigenvalue weighted by Crippen LogP contribution is 2.35. The number of ether oxygens (including phenoxy) is 2. The van der Waals surface area contributed by atoms with Crippen molar-refractivity contribution in [1.29, 1.82) is 0 Å². The molecule has 1 saturated heterocycles. The molecule has 30 heavy (non-hydrogen) atoms. The first-order chi connectivity index (χ1) is 14.5. The van der Waals surface area contributed by atoms with Crippen LogP contribution in [-0.4, -0.2) is 46.9 Å². The summed E-state index contributed by atoms with van der Waals surface area (Å²) < 4.78 is 17.6. The first-order valence-corrected chi connectivity index (χ1v) is 10.2. The Morgan fingerprint density at radius 3 is 2.67 bits per heavy atom. The molecule has 7 nitrogen and oxygen atoms in total. The molecular formula is C23H24N4O3. The topological polar surface area (TPSA) is 73.5 Å². The average molecular weight is 404 g/mol. The summed E-state index contributed by atoms with van der Waals surface area (Å²) in [6.07, 6.45) is 1.72. The van der Waals surface area contributed by atoms with E-state index in [0.29, 0.717) is 30.3 Å². The van der Waals surface area contributed by atoms with Crippen molar-refractivity contribution in [2.24, 2.45) is 0 Å². The van der Waals surface area contributed by atoms with E-state index in [4.69, 9.17) is 23.9 Å². The fraction of sp³-hybridized carbons (Fsp3) is 0.348. The Hall–Kier alpha value is -3.19. The molecule has 1 aromatic carbocycles. The van der Waals surface area contributed by atoms with Gasteiger partial charge >= 0.3 is 0 Å². The predicted molar refractivity (Wildman–Crippen MR) is 116 cm³/mol. The Labute approximate surface area is 174 Å². The molecule has 0 radical (unpaired) electrons. The van der Waals surface area contributed by atoms with Gasteiger partial charge in [-0.2, -0.15) is 0 Å². The van der Waals surface area contributed by atoms with Crippen molar-refractivity contribution in [3.63, 3.8) is 0 Å². The molecule has 0 amide bonds. The van der Waals surface area contributed by atoms with Crippen molar-refractivity contribution in [1.82, 2.24) is 15.0 Å². The number of morpholine rings is 1. The number of hydrogen-bond donors (Lipinski definition) is 0. The van der Waals surface area contributed by atoms with E-state index in [2.05, 4.69) is 9.88 Å². The minimum Gasteiger partial charge on any atom is -0.488 e. The van der Waals surface area contributed by atoms with E-state index in [1.54, 1.807) is 6.20 Å². The zero-order valence-corrected chi connectivity index (χ0v) is 17.4. The van der Waals surface area contributed by atoms with E-state index in [-0.39, 0.29) is 5.60 Å². The molecule has 0 N–H and O–H groups in total. The highest BCUT2D eigenvalue weighted by Gasteiger charge is 2.23. The monoisotopic (exact) mass is 404 g/mol. The van der Waals surface area contributed by atoms with Gasteiger partial charge in [-0.1, -0.05) is 12.1 Å². The van der Waals surface area contributed by atoms with E-state index in [1.165, 1.54) is 0 Å². The van der Waals surface area contributed by atoms with E-state index in [0.717, 1.165) is 41.1 Å². The molecule has 7 heteroatoms. The summed E-state index contributed by atoms with van der Waals surface area (Å²) in [4.78, 5) is 16.3. The van der Waals surface area contributed by atoms with Crippen LogP contribution in [0, 0.1) is 0 Å². The largest absolute Gasteiger partial charge is 0.488 e. The summed E-state index contributed by atoms with van der Waals surface area (Å²) in [5.74, 6) is 2.20. The lowest BCUT2D eigenvalue weighted by Gasteiger charge is -2.27. The van der Waals surface area contributed by atoms with Crippen LogP contribution in [0.15, 0.2) is 47.0 Å². The second-order valence-electron chi connectivity index (χ2n) is 8.35. The quantitative estimate of drug-likeness (QED) is 0.499. The molecule has 154 valence electrons. The van der Waals surface area contributed by atoms with E-state index < -0.39 is 0 Å². The van der Waals surface area contributed by atoms with E-state index >= 15 is 0 Å². The van der Waals surface area contributed by atoms with Crippen molar-refractivity contribution in [3.05, 3.63) is 42.6 Å². The van der Waals surface area contributed by atoms with Gasteiger partial charge in [0.25, 0.3) is 0 Å². The van der Waals surface area contributed by atoms with Crippen LogP contribution in [-0.2, 0) is 4.74 Å². The van der Waals surface area contributed by atoms with Gasteiger partial charge in [0.1, 0.15) is 16.9 Å². The molecule has 3 aromatic heterocycles. The van der Waals surface area contributed by atoms with Gasteiger partial charge in [-0.05, 0) is 45.0 Å². The summed E-state index contributed by atoms with van der Waals surface area (Å²) in [6, 6.07) is 11.8. The molecule has 1 aliphatic rings. The van der Waals surface area contributed by atoms with Crippen molar-refractivity contribution in [2.75, 3.05) is 31.2 Å². The number of pyridine rings is 1. The van der Waals surface area contributed by atoms with Gasteiger partial charge in [-0.15, -0.1) is 0 Å². The number of benzene rings is 1. The van der Waals surface area contributed by atoms with Gasteiger partial charge in [0.05, 0.1) is 18.6 Å². The molecule has 0 bridgehead atoms. The standard InChI is InChI=1S/C23H24N4O3/c1-23(2,3)30-16-7-4-6-15(14-16)20-25-18-17-8-5-9-24-22(17)29-19(18)21(26-20)27-10-12-28-13-11-27/h4-9,14H,10-13H2,1-3H3. The maximum atomic E-state index is 6.07. The molecule has 0 unspecified atom stereocenters. The molecule has 4 heterocycles. The maximum absolute atomic E-state index is 6.07. The summed E-state index contributed by atoms with van der Waals surface area (Å²) in [5, 5.41) is 0.882. The summed E-state index contributed by atoms with van der Waals surface area (Å²) in [6.45, 7) is 8.92. The molecule has 1 fully saturated rings. The number of fused-ring (bicyclic) bond motifs is 3. The van der Waals surface area contributed by atoms with Crippen molar-refractivity contribution >= 4 is 28.0 Å². The third kappa shape index (κ3) is 3.57. The van der Waals surface area contributed by atoms with Gasteiger partial charge in [0.15, 0.2) is 17.2 Å². The first-order valence-electron chi connectivity index (χ1n) is 10.2. The summed E-state index contributed by atoms with van der Waals surface area (Å²) in [7, 11) is 0. The lowest BCUT2D eigenvalue weighted by Crippen LogP contribution is -2.37. The lowest BCUT2D eigenvalue weighted by molar-refractivity contribution is 0.122. The lowest BCUT2D eigenvalue weighted by atomic mass is 10.1. The van der Waals surface area contributed by atoms with Crippen LogP contribution in [0.2, 0.25) is 0 Å². The highest BCUT2D eigenvalue weighted by molar-refractivity contribution is 6.05. The molecule has 0 spiro atoms. The molecule has 0 saturated carbocycles. The number of nitrogens with zero attached hydrogens (tertiary/aromatic N) is 4. The summed E-state index contributed by atoms with van der Waals surface area (Å²) >= 11 is 0. The average Bonchev–Trinajstić information content (AvgIpc) is 3.11. The second-order valence-corrected chi connectivity index (χ2v) is 8.35. The Morgan fingerprint density at radius 1 is 1.03 bits per heavy atom. The van der Waals surface area contributed by atoms with Gasteiger partial charge < -0.3 is 18.8 Å². The van der Waals surface area contributed by atoms with Gasteiger partial charge in [0, 0.05) is 24.8 Å². The van der Waals surface area contributed by atoms with Crippen LogP contribution in [0.1, 0.15) is 20.8 Å². The van der Waals surface area contributed by atoms with Crippen LogP contribution in [0.4, 0.5) is 5.82 Å². The smallest absolute Gasteiger partial charge is 0.229 e. The number of anilines is 1. The molecule has 4 aromatic rings. The molecular weight excluding hydrogens is 380 g/mol. The van der Waals surface area contributed by atoms with Crippen LogP contribution in [0.5, 0.6) is 5.75 Å². The zero-order valence-electron chi connectivity index (χ0n) is 17.4. The van der Waals surface area contributed by atoms with Crippen molar-refractivity contribution in [2.45, 2.75) is 26.4 Å². The summed E-state index contributed by atoms with van der Waals surface area (Å²) in [5.41, 5.74) is 2.61. The Balaban J connectivity index is 1.69. The Morgan fingerprint density at radius 2 is 1.87 bits per heavy atom. The zero-order chi connectivity index (χ0) is 20.7. The van der Waals surface area contributed by atoms with Gasteiger partial charge in [-0.25, -0.2) is 15.0 Å². The fourth-order valence-electron chi connectivity index (χ4n) is 3.64. The fourth-order valence-corrected chi connectivity index (χ4v) is 3.64. The maximum Gasteiger partial charge on any atom is 0.229 e. The third-order valence-electron chi connectivity index (χ3n) is 4.90. The molecule has 0 aliphatic carbocycles. The van der Waals surface area contributed by atoms with Gasteiger partial charge in [0.2, 0.25) is 5.71 Å². The third-order valence-corrected chi connectivity index (χ3v) is 4.90. The molecule has 0 atom stereocenters. The number of hydrogen-bond acceptors (Lipinski definition) is 7. The van der Waals surface area contributed by atoms with Crippen LogP contribution in [0.3, 0.4) is 0 Å². The van der Waals surface area contributed by atoms with E-state index in [1.807, 2.05) is 57.2 Å². The molecule has 5 rings (SSSR count). The minimum absolute atomic E-state index is 0.283. The highest BCUT2D eigenvalue weighted by atomic mass is 16.5. The van der Waals surface area contributed by atoms with Crippen molar-refractivity contribution < 1.29 is 13.9 Å². The SMILES string of the molecule is CC(C)(C)Oc1cccc(-c2nc(N3CCOCC3)c3oc4ncccc4c3n2)c1. The Bertz CT molecular complexity index is 1210. The Kier molecular flexibility index (Phi) is 4.55. The first kappa shape index (κ1) is 18.8. The number of rotatable bonds is 3.